The number of halogens is 1. The Bertz CT molecular complexity index is 500. The zero-order valence-electron chi connectivity index (χ0n) is 11.4. The molecule has 108 valence electrons. The van der Waals surface area contributed by atoms with Crippen molar-refractivity contribution < 1.29 is 14.7 Å². The molecule has 0 bridgehead atoms. The minimum atomic E-state index is -0.815. The van der Waals surface area contributed by atoms with Gasteiger partial charge in [-0.05, 0) is 36.5 Å². The predicted octanol–water partition coefficient (Wildman–Crippen LogP) is 2.88. The monoisotopic (exact) mass is 339 g/mol. The predicted molar refractivity (Wildman–Crippen MR) is 79.5 cm³/mol. The van der Waals surface area contributed by atoms with Crippen LogP contribution in [0.25, 0.3) is 0 Å². The fraction of sp³-hybridized carbons (Fsp3) is 0.467. The van der Waals surface area contributed by atoms with Gasteiger partial charge in [-0.25, -0.2) is 0 Å². The zero-order valence-corrected chi connectivity index (χ0v) is 13.0. The number of carbonyl (C=O) groups is 2. The maximum atomic E-state index is 12.2. The molecule has 0 saturated heterocycles. The Morgan fingerprint density at radius 3 is 2.60 bits per heavy atom. The number of hydrogen-bond donors (Lipinski definition) is 1. The highest BCUT2D eigenvalue weighted by Crippen LogP contribution is 2.48. The molecule has 4 nitrogen and oxygen atoms in total. The number of hydrogen-bond acceptors (Lipinski definition) is 2. The van der Waals surface area contributed by atoms with Crippen molar-refractivity contribution >= 4 is 27.8 Å². The minimum Gasteiger partial charge on any atom is -0.481 e. The van der Waals surface area contributed by atoms with E-state index in [1.54, 1.807) is 11.9 Å². The van der Waals surface area contributed by atoms with Gasteiger partial charge in [0.25, 0.3) is 0 Å². The second-order valence-electron chi connectivity index (χ2n) is 5.26. The second-order valence-corrected chi connectivity index (χ2v) is 6.17. The summed E-state index contributed by atoms with van der Waals surface area (Å²) in [7, 11) is 1.75. The van der Waals surface area contributed by atoms with E-state index in [1.807, 2.05) is 24.3 Å². The molecule has 0 aliphatic heterocycles. The Morgan fingerprint density at radius 2 is 2.00 bits per heavy atom. The lowest BCUT2D eigenvalue weighted by Crippen LogP contribution is -2.29. The summed E-state index contributed by atoms with van der Waals surface area (Å²) >= 11 is 3.40. The average molecular weight is 340 g/mol. The highest BCUT2D eigenvalue weighted by Gasteiger charge is 2.44. The molecule has 0 aromatic heterocycles. The number of benzene rings is 1. The van der Waals surface area contributed by atoms with Crippen LogP contribution in [0.4, 0.5) is 0 Å². The number of rotatable bonds is 6. The number of carboxylic acid groups (broad SMARTS) is 1. The fourth-order valence-electron chi connectivity index (χ4n) is 2.41. The van der Waals surface area contributed by atoms with Crippen molar-refractivity contribution in [3.63, 3.8) is 0 Å². The van der Waals surface area contributed by atoms with Crippen LogP contribution in [0.2, 0.25) is 0 Å². The van der Waals surface area contributed by atoms with Crippen molar-refractivity contribution in [3.05, 3.63) is 34.3 Å². The topological polar surface area (TPSA) is 57.6 Å². The summed E-state index contributed by atoms with van der Waals surface area (Å²) in [5.41, 5.74) is 1.20. The molecule has 1 N–H and O–H groups in total. The second kappa shape index (κ2) is 6.39. The van der Waals surface area contributed by atoms with Gasteiger partial charge < -0.3 is 10.0 Å². The summed E-state index contributed by atoms with van der Waals surface area (Å²) in [6, 6.07) is 8.08. The number of carboxylic acids is 1. The SMILES string of the molecule is CN(CCCC(=O)O)C(=O)C1CC1c1ccc(Br)cc1. The first kappa shape index (κ1) is 15.0. The molecule has 0 radical (unpaired) electrons. The molecule has 5 heteroatoms. The molecule has 0 heterocycles. The van der Waals surface area contributed by atoms with Gasteiger partial charge in [0.15, 0.2) is 0 Å². The fourth-order valence-corrected chi connectivity index (χ4v) is 2.67. The summed E-state index contributed by atoms with van der Waals surface area (Å²) in [6.45, 7) is 0.509. The van der Waals surface area contributed by atoms with Gasteiger partial charge in [0, 0.05) is 30.4 Å². The Labute approximate surface area is 126 Å². The molecule has 2 atom stereocenters. The van der Waals surface area contributed by atoms with E-state index in [0.717, 1.165) is 10.9 Å². The molecule has 20 heavy (non-hydrogen) atoms. The number of aliphatic carboxylic acids is 1. The van der Waals surface area contributed by atoms with Crippen LogP contribution >= 0.6 is 15.9 Å². The third kappa shape index (κ3) is 3.82. The molecule has 1 aliphatic carbocycles. The molecule has 1 aromatic carbocycles. The van der Waals surface area contributed by atoms with Gasteiger partial charge in [0.05, 0.1) is 0 Å². The maximum absolute atomic E-state index is 12.2. The van der Waals surface area contributed by atoms with Crippen molar-refractivity contribution in [2.75, 3.05) is 13.6 Å². The largest absolute Gasteiger partial charge is 0.481 e. The lowest BCUT2D eigenvalue weighted by Gasteiger charge is -2.16. The summed E-state index contributed by atoms with van der Waals surface area (Å²) in [5, 5.41) is 8.59. The first-order valence-electron chi connectivity index (χ1n) is 6.71. The van der Waals surface area contributed by atoms with E-state index in [4.69, 9.17) is 5.11 Å². The average Bonchev–Trinajstić information content (AvgIpc) is 3.18. The van der Waals surface area contributed by atoms with E-state index in [1.165, 1.54) is 5.56 Å². The lowest BCUT2D eigenvalue weighted by molar-refractivity contribution is -0.138. The van der Waals surface area contributed by atoms with Crippen LogP contribution in [0.5, 0.6) is 0 Å². The van der Waals surface area contributed by atoms with Crippen molar-refractivity contribution in [2.24, 2.45) is 5.92 Å². The van der Waals surface area contributed by atoms with Gasteiger partial charge in [-0.2, -0.15) is 0 Å². The third-order valence-electron chi connectivity index (χ3n) is 3.67. The lowest BCUT2D eigenvalue weighted by atomic mass is 10.1. The Kier molecular flexibility index (Phi) is 4.81. The van der Waals surface area contributed by atoms with Gasteiger partial charge in [-0.15, -0.1) is 0 Å². The van der Waals surface area contributed by atoms with Crippen LogP contribution in [-0.2, 0) is 9.59 Å². The number of nitrogens with zero attached hydrogens (tertiary/aromatic N) is 1. The smallest absolute Gasteiger partial charge is 0.303 e. The summed E-state index contributed by atoms with van der Waals surface area (Å²) < 4.78 is 1.04. The van der Waals surface area contributed by atoms with Crippen LogP contribution < -0.4 is 0 Å². The zero-order chi connectivity index (χ0) is 14.7. The highest BCUT2D eigenvalue weighted by atomic mass is 79.9. The summed E-state index contributed by atoms with van der Waals surface area (Å²) in [4.78, 5) is 24.3. The van der Waals surface area contributed by atoms with Crippen molar-refractivity contribution in [1.82, 2.24) is 4.90 Å². The third-order valence-corrected chi connectivity index (χ3v) is 4.19. The number of carbonyl (C=O) groups excluding carboxylic acids is 1. The van der Waals surface area contributed by atoms with Crippen LogP contribution in [0.1, 0.15) is 30.7 Å². The van der Waals surface area contributed by atoms with Crippen LogP contribution in [0, 0.1) is 5.92 Å². The first-order valence-corrected chi connectivity index (χ1v) is 7.50. The van der Waals surface area contributed by atoms with Crippen molar-refractivity contribution in [2.45, 2.75) is 25.2 Å². The molecule has 1 aromatic rings. The van der Waals surface area contributed by atoms with Crippen LogP contribution in [0.15, 0.2) is 28.7 Å². The van der Waals surface area contributed by atoms with Crippen LogP contribution in [-0.4, -0.2) is 35.5 Å². The molecular weight excluding hydrogens is 322 g/mol. The normalized spacial score (nSPS) is 20.5. The molecule has 0 spiro atoms. The number of amides is 1. The molecular formula is C15H18BrNO3. The molecule has 1 aliphatic rings. The van der Waals surface area contributed by atoms with Crippen molar-refractivity contribution in [1.29, 1.82) is 0 Å². The highest BCUT2D eigenvalue weighted by molar-refractivity contribution is 9.10. The summed E-state index contributed by atoms with van der Waals surface area (Å²) in [6.07, 6.45) is 1.51. The molecule has 2 unspecified atom stereocenters. The van der Waals surface area contributed by atoms with E-state index in [2.05, 4.69) is 15.9 Å². The van der Waals surface area contributed by atoms with Gasteiger partial charge in [-0.3, -0.25) is 9.59 Å². The molecule has 1 amide bonds. The van der Waals surface area contributed by atoms with Gasteiger partial charge in [0.1, 0.15) is 0 Å². The van der Waals surface area contributed by atoms with Crippen LogP contribution in [0.3, 0.4) is 0 Å². The summed E-state index contributed by atoms with van der Waals surface area (Å²) in [5.74, 6) is -0.308. The standard InChI is InChI=1S/C15H18BrNO3/c1-17(8-2-3-14(18)19)15(20)13-9-12(13)10-4-6-11(16)7-5-10/h4-7,12-13H,2-3,8-9H2,1H3,(H,18,19). The van der Waals surface area contributed by atoms with E-state index in [9.17, 15) is 9.59 Å². The Balaban J connectivity index is 1.83. The quantitative estimate of drug-likeness (QED) is 0.866. The maximum Gasteiger partial charge on any atom is 0.303 e. The van der Waals surface area contributed by atoms with Crippen molar-refractivity contribution in [3.8, 4) is 0 Å². The first-order chi connectivity index (χ1) is 9.49. The Hall–Kier alpha value is -1.36. The van der Waals surface area contributed by atoms with E-state index in [0.29, 0.717) is 18.9 Å². The van der Waals surface area contributed by atoms with Gasteiger partial charge in [-0.1, -0.05) is 28.1 Å². The molecule has 2 rings (SSSR count). The molecule has 1 fully saturated rings. The van der Waals surface area contributed by atoms with Gasteiger partial charge >= 0.3 is 5.97 Å². The van der Waals surface area contributed by atoms with E-state index >= 15 is 0 Å². The molecule has 1 saturated carbocycles. The Morgan fingerprint density at radius 1 is 1.35 bits per heavy atom. The van der Waals surface area contributed by atoms with E-state index < -0.39 is 5.97 Å². The minimum absolute atomic E-state index is 0.0611. The van der Waals surface area contributed by atoms with E-state index in [-0.39, 0.29) is 18.2 Å². The van der Waals surface area contributed by atoms with Gasteiger partial charge in [0.2, 0.25) is 5.91 Å².